The number of H-pyrrole nitrogens is 1. The first-order chi connectivity index (χ1) is 15.2. The summed E-state index contributed by atoms with van der Waals surface area (Å²) in [4.78, 5) is 4.55. The Labute approximate surface area is 187 Å². The zero-order valence-corrected chi connectivity index (χ0v) is 18.2. The van der Waals surface area contributed by atoms with Gasteiger partial charge in [-0.2, -0.15) is 18.3 Å². The average Bonchev–Trinajstić information content (AvgIpc) is 3.35. The summed E-state index contributed by atoms with van der Waals surface area (Å²) >= 11 is 1.53. The Balaban J connectivity index is 1.40. The first-order valence-electron chi connectivity index (χ1n) is 10.2. The van der Waals surface area contributed by atoms with Gasteiger partial charge in [-0.15, -0.1) is 0 Å². The number of rotatable bonds is 6. The number of hydrogen-bond acceptors (Lipinski definition) is 5. The maximum absolute atomic E-state index is 12.7. The summed E-state index contributed by atoms with van der Waals surface area (Å²) in [7, 11) is 0. The van der Waals surface area contributed by atoms with Gasteiger partial charge in [0.15, 0.2) is 5.17 Å². The molecule has 0 aliphatic carbocycles. The summed E-state index contributed by atoms with van der Waals surface area (Å²) in [5.41, 5.74) is 9.17. The fourth-order valence-corrected chi connectivity index (χ4v) is 4.94. The molecule has 0 radical (unpaired) electrons. The number of aryl methyl sites for hydroxylation is 1. The Kier molecular flexibility index (Phi) is 6.45. The molecule has 0 saturated carbocycles. The summed E-state index contributed by atoms with van der Waals surface area (Å²) < 4.78 is 38.1. The molecule has 2 heterocycles. The molecule has 3 aromatic rings. The number of aliphatic hydroxyl groups is 1. The number of aliphatic hydroxyl groups excluding tert-OH is 1. The normalized spacial score (nSPS) is 21.2. The van der Waals surface area contributed by atoms with Gasteiger partial charge in [0, 0.05) is 17.1 Å². The molecule has 1 aliphatic heterocycles. The zero-order valence-electron chi connectivity index (χ0n) is 17.4. The van der Waals surface area contributed by atoms with Crippen molar-refractivity contribution in [2.45, 2.75) is 36.9 Å². The number of aromatic nitrogens is 2. The van der Waals surface area contributed by atoms with Gasteiger partial charge in [-0.3, -0.25) is 10.1 Å². The van der Waals surface area contributed by atoms with E-state index in [1.54, 1.807) is 0 Å². The topological polar surface area (TPSA) is 99.3 Å². The fourth-order valence-electron chi connectivity index (χ4n) is 3.73. The molecule has 2 aromatic carbocycles. The van der Waals surface area contributed by atoms with Crippen molar-refractivity contribution in [2.75, 3.05) is 13.2 Å². The Hall–Kier alpha value is -2.56. The summed E-state index contributed by atoms with van der Waals surface area (Å²) in [5.74, 6) is 0. The van der Waals surface area contributed by atoms with Crippen LogP contribution in [0.25, 0.3) is 10.9 Å². The zero-order chi connectivity index (χ0) is 22.9. The predicted molar refractivity (Wildman–Crippen MR) is 121 cm³/mol. The maximum atomic E-state index is 12.7. The second-order valence-electron chi connectivity index (χ2n) is 7.90. The van der Waals surface area contributed by atoms with Crippen LogP contribution in [0, 0.1) is 6.92 Å². The third-order valence-electron chi connectivity index (χ3n) is 5.46. The van der Waals surface area contributed by atoms with Crippen LogP contribution in [0.15, 0.2) is 47.5 Å². The van der Waals surface area contributed by atoms with E-state index in [0.717, 1.165) is 39.9 Å². The number of nitrogens with two attached hydrogens (primary N) is 1. The van der Waals surface area contributed by atoms with Crippen LogP contribution < -0.4 is 11.1 Å². The van der Waals surface area contributed by atoms with Crippen LogP contribution in [0.4, 0.5) is 13.2 Å². The van der Waals surface area contributed by atoms with E-state index in [0.29, 0.717) is 18.1 Å². The molecular weight excluding hydrogens is 439 g/mol. The van der Waals surface area contributed by atoms with Crippen molar-refractivity contribution in [1.29, 1.82) is 0 Å². The van der Waals surface area contributed by atoms with Gasteiger partial charge in [0.2, 0.25) is 0 Å². The van der Waals surface area contributed by atoms with Gasteiger partial charge in [0.05, 0.1) is 35.5 Å². The first kappa shape index (κ1) is 22.6. The van der Waals surface area contributed by atoms with Gasteiger partial charge in [-0.25, -0.2) is 0 Å². The lowest BCUT2D eigenvalue weighted by Crippen LogP contribution is -2.33. The molecule has 0 amide bonds. The molecule has 0 spiro atoms. The second kappa shape index (κ2) is 9.13. The standard InChI is InChI=1S/C22H24F3N5OS/c1-12-17-9-14(4-7-18(17)30-29-12)20-19(11-31)28-21(32-20)27-10-16(26)8-13-2-5-15(6-3-13)22(23,24)25/h2-7,9,16,19-20,31H,8,10-11,26H2,1H3,(H,27,28)(H,29,30)/t16-,19?,20?/m0/s1. The number of nitrogens with one attached hydrogen (secondary N) is 2. The maximum Gasteiger partial charge on any atom is 0.416 e. The van der Waals surface area contributed by atoms with E-state index in [9.17, 15) is 18.3 Å². The molecule has 32 heavy (non-hydrogen) atoms. The van der Waals surface area contributed by atoms with Gasteiger partial charge in [0.25, 0.3) is 0 Å². The predicted octanol–water partition coefficient (Wildman–Crippen LogP) is 3.55. The monoisotopic (exact) mass is 463 g/mol. The van der Waals surface area contributed by atoms with E-state index in [1.165, 1.54) is 23.9 Å². The van der Waals surface area contributed by atoms with Crippen molar-refractivity contribution in [3.05, 3.63) is 64.8 Å². The van der Waals surface area contributed by atoms with Crippen LogP contribution in [0.1, 0.15) is 27.6 Å². The smallest absolute Gasteiger partial charge is 0.394 e. The molecule has 1 aromatic heterocycles. The number of thioether (sulfide) groups is 1. The van der Waals surface area contributed by atoms with Crippen LogP contribution in [0.2, 0.25) is 0 Å². The summed E-state index contributed by atoms with van der Waals surface area (Å²) in [5, 5.41) is 22.0. The van der Waals surface area contributed by atoms with Gasteiger partial charge in [0.1, 0.15) is 0 Å². The minimum Gasteiger partial charge on any atom is -0.394 e. The van der Waals surface area contributed by atoms with Crippen LogP contribution >= 0.6 is 11.8 Å². The van der Waals surface area contributed by atoms with E-state index in [4.69, 9.17) is 5.73 Å². The van der Waals surface area contributed by atoms with E-state index in [2.05, 4.69) is 26.6 Å². The molecule has 170 valence electrons. The van der Waals surface area contributed by atoms with Gasteiger partial charge >= 0.3 is 6.18 Å². The highest BCUT2D eigenvalue weighted by Gasteiger charge is 2.33. The number of hydrogen-bond donors (Lipinski definition) is 4. The lowest BCUT2D eigenvalue weighted by atomic mass is 10.0. The lowest BCUT2D eigenvalue weighted by molar-refractivity contribution is -0.137. The number of alkyl halides is 3. The molecular formula is C22H24F3N5OS. The lowest BCUT2D eigenvalue weighted by Gasteiger charge is -2.15. The van der Waals surface area contributed by atoms with Crippen molar-refractivity contribution in [1.82, 2.24) is 15.5 Å². The quantitative estimate of drug-likeness (QED) is 0.448. The number of benzene rings is 2. The summed E-state index contributed by atoms with van der Waals surface area (Å²) in [6, 6.07) is 10.5. The van der Waals surface area contributed by atoms with E-state index in [1.807, 2.05) is 19.1 Å². The minimum atomic E-state index is -4.35. The van der Waals surface area contributed by atoms with Gasteiger partial charge < -0.3 is 16.2 Å². The Bertz CT molecular complexity index is 1110. The number of aromatic amines is 1. The Morgan fingerprint density at radius 2 is 1.97 bits per heavy atom. The minimum absolute atomic E-state index is 0.0106. The number of halogens is 3. The highest BCUT2D eigenvalue weighted by Crippen LogP contribution is 2.39. The van der Waals surface area contributed by atoms with Crippen molar-refractivity contribution < 1.29 is 18.3 Å². The Morgan fingerprint density at radius 1 is 1.22 bits per heavy atom. The second-order valence-corrected chi connectivity index (χ2v) is 9.03. The number of amidine groups is 1. The number of aliphatic imine (C=N–C) groups is 1. The van der Waals surface area contributed by atoms with E-state index in [-0.39, 0.29) is 23.9 Å². The van der Waals surface area contributed by atoms with Crippen molar-refractivity contribution in [3.63, 3.8) is 0 Å². The molecule has 3 atom stereocenters. The molecule has 5 N–H and O–H groups in total. The van der Waals surface area contributed by atoms with Crippen LogP contribution in [-0.2, 0) is 12.6 Å². The summed E-state index contributed by atoms with van der Waals surface area (Å²) in [6.07, 6.45) is -3.93. The van der Waals surface area contributed by atoms with Crippen LogP contribution in [0.5, 0.6) is 0 Å². The van der Waals surface area contributed by atoms with Gasteiger partial charge in [-0.05, 0) is 48.7 Å². The molecule has 10 heteroatoms. The van der Waals surface area contributed by atoms with E-state index < -0.39 is 11.7 Å². The first-order valence-corrected chi connectivity index (χ1v) is 11.1. The van der Waals surface area contributed by atoms with E-state index >= 15 is 0 Å². The average molecular weight is 464 g/mol. The Morgan fingerprint density at radius 3 is 2.66 bits per heavy atom. The molecule has 6 nitrogen and oxygen atoms in total. The van der Waals surface area contributed by atoms with Crippen molar-refractivity contribution in [2.24, 2.45) is 10.7 Å². The summed E-state index contributed by atoms with van der Waals surface area (Å²) in [6.45, 7) is 2.24. The van der Waals surface area contributed by atoms with Crippen LogP contribution in [-0.4, -0.2) is 45.7 Å². The molecule has 4 rings (SSSR count). The molecule has 1 fully saturated rings. The fraction of sp³-hybridized carbons (Fsp3) is 0.364. The van der Waals surface area contributed by atoms with Crippen molar-refractivity contribution in [3.8, 4) is 0 Å². The highest BCUT2D eigenvalue weighted by atomic mass is 32.2. The third-order valence-corrected chi connectivity index (χ3v) is 6.78. The molecule has 1 saturated heterocycles. The molecule has 1 aliphatic rings. The molecule has 2 unspecified atom stereocenters. The number of nitrogens with zero attached hydrogens (tertiary/aromatic N) is 2. The van der Waals surface area contributed by atoms with Crippen LogP contribution in [0.3, 0.4) is 0 Å². The largest absolute Gasteiger partial charge is 0.416 e. The molecule has 0 bridgehead atoms. The number of fused-ring (bicyclic) bond motifs is 1. The SMILES string of the molecule is Cc1[nH]nc2ccc(C3SC(=NC[C@@H](N)Cc4ccc(C(F)(F)F)cc4)NC3CO)cc12. The third kappa shape index (κ3) is 4.92. The highest BCUT2D eigenvalue weighted by molar-refractivity contribution is 8.14. The van der Waals surface area contributed by atoms with Crippen molar-refractivity contribution >= 4 is 27.8 Å². The van der Waals surface area contributed by atoms with Gasteiger partial charge in [-0.1, -0.05) is 30.0 Å².